The first-order chi connectivity index (χ1) is 16.4. The number of hydrogen-bond donors (Lipinski definition) is 2. The van der Waals surface area contributed by atoms with Gasteiger partial charge in [-0.25, -0.2) is 9.79 Å². The van der Waals surface area contributed by atoms with Crippen LogP contribution in [0.25, 0.3) is 6.08 Å². The van der Waals surface area contributed by atoms with Crippen LogP contribution >= 0.6 is 11.3 Å². The fraction of sp³-hybridized carbons (Fsp3) is 0.208. The molecule has 0 aliphatic carbocycles. The Kier molecular flexibility index (Phi) is 5.37. The number of esters is 1. The van der Waals surface area contributed by atoms with Crippen LogP contribution in [0.1, 0.15) is 31.0 Å². The van der Waals surface area contributed by atoms with Crippen molar-refractivity contribution in [3.63, 3.8) is 0 Å². The molecule has 0 amide bonds. The molecule has 3 aromatic rings. The standard InChI is InChI=1S/C24H20N2O7S/c1-3-31-23(30)20-12(2)25-24-26(21(20)14-5-7-17-18(10-14)33-11-32-17)22(29)19(34-24)9-13-4-6-15(27)16(28)8-13/h4-10,21,27-28H,3,11H2,1-2H3. The predicted molar refractivity (Wildman–Crippen MR) is 123 cm³/mol. The number of fused-ring (bicyclic) bond motifs is 2. The molecule has 2 aromatic carbocycles. The van der Waals surface area contributed by atoms with E-state index in [2.05, 4.69) is 4.99 Å². The summed E-state index contributed by atoms with van der Waals surface area (Å²) in [6.07, 6.45) is 1.60. The molecular weight excluding hydrogens is 460 g/mol. The molecule has 2 aliphatic heterocycles. The Bertz CT molecular complexity index is 1530. The number of nitrogens with zero attached hydrogens (tertiary/aromatic N) is 2. The number of aromatic hydroxyl groups is 2. The van der Waals surface area contributed by atoms with Gasteiger partial charge in [-0.3, -0.25) is 9.36 Å². The summed E-state index contributed by atoms with van der Waals surface area (Å²) < 4.78 is 18.0. The minimum absolute atomic E-state index is 0.0978. The van der Waals surface area contributed by atoms with Gasteiger partial charge in [0.25, 0.3) is 5.56 Å². The highest BCUT2D eigenvalue weighted by atomic mass is 32.1. The van der Waals surface area contributed by atoms with E-state index in [0.717, 1.165) is 11.3 Å². The van der Waals surface area contributed by atoms with E-state index in [0.29, 0.717) is 37.7 Å². The topological polar surface area (TPSA) is 120 Å². The molecule has 1 unspecified atom stereocenters. The van der Waals surface area contributed by atoms with E-state index in [-0.39, 0.29) is 36.0 Å². The average Bonchev–Trinajstić information content (AvgIpc) is 3.39. The van der Waals surface area contributed by atoms with Gasteiger partial charge in [0.15, 0.2) is 27.8 Å². The average molecular weight is 480 g/mol. The molecule has 0 saturated carbocycles. The Hall–Kier alpha value is -4.05. The van der Waals surface area contributed by atoms with Crippen LogP contribution in [0.4, 0.5) is 0 Å². The zero-order chi connectivity index (χ0) is 24.0. The number of allylic oxidation sites excluding steroid dienone is 1. The highest BCUT2D eigenvalue weighted by Gasteiger charge is 2.34. The Morgan fingerprint density at radius 2 is 2.00 bits per heavy atom. The van der Waals surface area contributed by atoms with Crippen LogP contribution in [-0.4, -0.2) is 34.1 Å². The number of ether oxygens (including phenoxy) is 3. The Morgan fingerprint density at radius 3 is 2.76 bits per heavy atom. The van der Waals surface area contributed by atoms with Crippen molar-refractivity contribution < 1.29 is 29.2 Å². The van der Waals surface area contributed by atoms with E-state index < -0.39 is 12.0 Å². The third-order valence-corrected chi connectivity index (χ3v) is 6.51. The molecule has 0 bridgehead atoms. The zero-order valence-electron chi connectivity index (χ0n) is 18.3. The first kappa shape index (κ1) is 21.8. The Labute approximate surface area is 197 Å². The number of thiazole rings is 1. The molecule has 1 atom stereocenters. The molecular formula is C24H20N2O7S. The lowest BCUT2D eigenvalue weighted by Crippen LogP contribution is -2.39. The third kappa shape index (κ3) is 3.61. The number of carbonyl (C=O) groups excluding carboxylic acids is 1. The number of rotatable bonds is 4. The van der Waals surface area contributed by atoms with Crippen LogP contribution in [0.2, 0.25) is 0 Å². The van der Waals surface area contributed by atoms with Crippen molar-refractivity contribution >= 4 is 23.4 Å². The summed E-state index contributed by atoms with van der Waals surface area (Å²) in [6.45, 7) is 3.70. The van der Waals surface area contributed by atoms with Crippen LogP contribution in [0, 0.1) is 0 Å². The first-order valence-corrected chi connectivity index (χ1v) is 11.3. The summed E-state index contributed by atoms with van der Waals surface area (Å²) in [5.74, 6) is 0.0132. The van der Waals surface area contributed by atoms with Crippen molar-refractivity contribution in [1.29, 1.82) is 0 Å². The zero-order valence-corrected chi connectivity index (χ0v) is 19.1. The molecule has 3 heterocycles. The summed E-state index contributed by atoms with van der Waals surface area (Å²) >= 11 is 1.16. The summed E-state index contributed by atoms with van der Waals surface area (Å²) in [5.41, 5.74) is 1.55. The van der Waals surface area contributed by atoms with Gasteiger partial charge in [-0.15, -0.1) is 0 Å². The highest BCUT2D eigenvalue weighted by molar-refractivity contribution is 7.07. The summed E-state index contributed by atoms with van der Waals surface area (Å²) in [7, 11) is 0. The van der Waals surface area contributed by atoms with Crippen LogP contribution in [0.3, 0.4) is 0 Å². The molecule has 174 valence electrons. The van der Waals surface area contributed by atoms with Gasteiger partial charge < -0.3 is 24.4 Å². The molecule has 9 nitrogen and oxygen atoms in total. The predicted octanol–water partition coefficient (Wildman–Crippen LogP) is 1.94. The monoisotopic (exact) mass is 480 g/mol. The second-order valence-electron chi connectivity index (χ2n) is 7.66. The Morgan fingerprint density at radius 1 is 1.21 bits per heavy atom. The minimum atomic E-state index is -0.778. The van der Waals surface area contributed by atoms with E-state index >= 15 is 0 Å². The van der Waals surface area contributed by atoms with E-state index in [1.54, 1.807) is 44.2 Å². The third-order valence-electron chi connectivity index (χ3n) is 5.53. The van der Waals surface area contributed by atoms with Crippen LogP contribution in [0.15, 0.2) is 57.5 Å². The number of carbonyl (C=O) groups is 1. The second-order valence-corrected chi connectivity index (χ2v) is 8.67. The SMILES string of the molecule is CCOC(=O)C1=C(C)N=c2sc(=Cc3ccc(O)c(O)c3)c(=O)n2C1c1ccc2c(c1)OCO2. The number of aromatic nitrogens is 1. The first-order valence-electron chi connectivity index (χ1n) is 10.5. The lowest BCUT2D eigenvalue weighted by atomic mass is 9.95. The maximum Gasteiger partial charge on any atom is 0.338 e. The number of hydrogen-bond acceptors (Lipinski definition) is 9. The van der Waals surface area contributed by atoms with E-state index in [4.69, 9.17) is 14.2 Å². The van der Waals surface area contributed by atoms with Crippen molar-refractivity contribution in [2.24, 2.45) is 4.99 Å². The lowest BCUT2D eigenvalue weighted by Gasteiger charge is -2.24. The Balaban J connectivity index is 1.72. The quantitative estimate of drug-likeness (QED) is 0.433. The molecule has 0 spiro atoms. The van der Waals surface area contributed by atoms with Crippen molar-refractivity contribution in [2.75, 3.05) is 13.4 Å². The lowest BCUT2D eigenvalue weighted by molar-refractivity contribution is -0.139. The van der Waals surface area contributed by atoms with Gasteiger partial charge in [-0.1, -0.05) is 23.5 Å². The van der Waals surface area contributed by atoms with Crippen molar-refractivity contribution in [3.05, 3.63) is 78.5 Å². The fourth-order valence-electron chi connectivity index (χ4n) is 3.97. The molecule has 10 heteroatoms. The highest BCUT2D eigenvalue weighted by Crippen LogP contribution is 2.38. The molecule has 34 heavy (non-hydrogen) atoms. The second kappa shape index (κ2) is 8.38. The van der Waals surface area contributed by atoms with Crippen molar-refractivity contribution in [3.8, 4) is 23.0 Å². The summed E-state index contributed by atoms with van der Waals surface area (Å²) in [4.78, 5) is 31.5. The summed E-state index contributed by atoms with van der Waals surface area (Å²) in [5, 5.41) is 19.4. The van der Waals surface area contributed by atoms with Gasteiger partial charge in [0.1, 0.15) is 0 Å². The number of benzene rings is 2. The van der Waals surface area contributed by atoms with Gasteiger partial charge in [0.2, 0.25) is 6.79 Å². The number of phenols is 2. The van der Waals surface area contributed by atoms with Crippen molar-refractivity contribution in [2.45, 2.75) is 19.9 Å². The smallest absolute Gasteiger partial charge is 0.338 e. The van der Waals surface area contributed by atoms with Gasteiger partial charge in [0.05, 0.1) is 28.5 Å². The van der Waals surface area contributed by atoms with E-state index in [1.807, 2.05) is 0 Å². The van der Waals surface area contributed by atoms with E-state index in [9.17, 15) is 19.8 Å². The number of phenolic OH excluding ortho intramolecular Hbond substituents is 2. The van der Waals surface area contributed by atoms with Crippen molar-refractivity contribution in [1.82, 2.24) is 4.57 Å². The van der Waals surface area contributed by atoms with Crippen LogP contribution < -0.4 is 24.4 Å². The normalized spacial score (nSPS) is 16.9. The maximum absolute atomic E-state index is 13.6. The minimum Gasteiger partial charge on any atom is -0.504 e. The molecule has 5 rings (SSSR count). The van der Waals surface area contributed by atoms with Crippen LogP contribution in [0.5, 0.6) is 23.0 Å². The van der Waals surface area contributed by atoms with Gasteiger partial charge in [0, 0.05) is 0 Å². The largest absolute Gasteiger partial charge is 0.504 e. The summed E-state index contributed by atoms with van der Waals surface area (Å²) in [6, 6.07) is 8.78. The van der Waals surface area contributed by atoms with Crippen LogP contribution in [-0.2, 0) is 9.53 Å². The molecule has 0 radical (unpaired) electrons. The van der Waals surface area contributed by atoms with Gasteiger partial charge >= 0.3 is 5.97 Å². The van der Waals surface area contributed by atoms with Gasteiger partial charge in [-0.05, 0) is 55.3 Å². The fourth-order valence-corrected chi connectivity index (χ4v) is 5.02. The van der Waals surface area contributed by atoms with Gasteiger partial charge in [-0.2, -0.15) is 0 Å². The maximum atomic E-state index is 13.6. The molecule has 0 fully saturated rings. The van der Waals surface area contributed by atoms with E-state index in [1.165, 1.54) is 16.7 Å². The molecule has 1 aromatic heterocycles. The molecule has 0 saturated heterocycles. The molecule has 2 aliphatic rings. The molecule has 2 N–H and O–H groups in total.